The van der Waals surface area contributed by atoms with Crippen molar-refractivity contribution >= 4 is 5.82 Å². The van der Waals surface area contributed by atoms with Gasteiger partial charge in [0.2, 0.25) is 5.88 Å². The molecule has 1 rings (SSSR count). The van der Waals surface area contributed by atoms with Crippen molar-refractivity contribution in [3.8, 4) is 5.88 Å². The zero-order valence-electron chi connectivity index (χ0n) is 11.8. The van der Waals surface area contributed by atoms with Crippen molar-refractivity contribution < 1.29 is 4.74 Å². The molecule has 0 amide bonds. The Bertz CT molecular complexity index is 346. The highest BCUT2D eigenvalue weighted by atomic mass is 16.5. The molecule has 0 aliphatic carbocycles. The minimum absolute atomic E-state index is 0.557. The normalized spacial score (nSPS) is 12.2. The lowest BCUT2D eigenvalue weighted by Gasteiger charge is -2.22. The average Bonchev–Trinajstić information content (AvgIpc) is 2.37. The summed E-state index contributed by atoms with van der Waals surface area (Å²) in [6.45, 7) is 6.88. The Morgan fingerprint density at radius 2 is 2.22 bits per heavy atom. The Hall–Kier alpha value is -1.36. The molecule has 18 heavy (non-hydrogen) atoms. The van der Waals surface area contributed by atoms with Gasteiger partial charge in [-0.15, -0.1) is 0 Å². The Morgan fingerprint density at radius 1 is 1.44 bits per heavy atom. The highest BCUT2D eigenvalue weighted by Gasteiger charge is 2.09. The Balaban J connectivity index is 2.58. The molecule has 1 atom stereocenters. The van der Waals surface area contributed by atoms with Gasteiger partial charge in [0.05, 0.1) is 19.0 Å². The van der Waals surface area contributed by atoms with Crippen LogP contribution in [-0.4, -0.2) is 43.8 Å². The lowest BCUT2D eigenvalue weighted by molar-refractivity contribution is 0.304. The molecule has 0 saturated carbocycles. The zero-order chi connectivity index (χ0) is 13.4. The van der Waals surface area contributed by atoms with Crippen LogP contribution in [0.4, 0.5) is 5.82 Å². The first-order valence-corrected chi connectivity index (χ1v) is 6.48. The summed E-state index contributed by atoms with van der Waals surface area (Å²) in [5.41, 5.74) is 0. The van der Waals surface area contributed by atoms with Gasteiger partial charge in [0, 0.05) is 13.6 Å². The molecule has 0 saturated heterocycles. The van der Waals surface area contributed by atoms with Crippen LogP contribution in [0.1, 0.15) is 20.3 Å². The monoisotopic (exact) mass is 252 g/mol. The van der Waals surface area contributed by atoms with Gasteiger partial charge >= 0.3 is 0 Å². The molecule has 5 heteroatoms. The van der Waals surface area contributed by atoms with E-state index in [1.165, 1.54) is 0 Å². The number of anilines is 1. The highest BCUT2D eigenvalue weighted by molar-refractivity contribution is 5.36. The maximum absolute atomic E-state index is 5.49. The van der Waals surface area contributed by atoms with Crippen LogP contribution in [0.3, 0.4) is 0 Å². The van der Waals surface area contributed by atoms with Crippen LogP contribution in [0, 0.1) is 5.92 Å². The predicted molar refractivity (Wildman–Crippen MR) is 74.2 cm³/mol. The number of aromatic nitrogens is 2. The Morgan fingerprint density at radius 3 is 2.89 bits per heavy atom. The summed E-state index contributed by atoms with van der Waals surface area (Å²) in [7, 11) is 4.00. The van der Waals surface area contributed by atoms with Crippen molar-refractivity contribution in [1.29, 1.82) is 0 Å². The molecule has 0 radical (unpaired) electrons. The molecule has 0 aliphatic heterocycles. The third-order valence-corrected chi connectivity index (χ3v) is 2.58. The number of rotatable bonds is 8. The average molecular weight is 252 g/mol. The summed E-state index contributed by atoms with van der Waals surface area (Å²) >= 11 is 0. The van der Waals surface area contributed by atoms with Gasteiger partial charge < -0.3 is 15.0 Å². The fraction of sp³-hybridized carbons (Fsp3) is 0.692. The fourth-order valence-corrected chi connectivity index (χ4v) is 1.77. The molecule has 0 fully saturated rings. The SMILES string of the molecule is CCCOc1cncc(N(C)CC(C)CNC)n1. The van der Waals surface area contributed by atoms with E-state index in [-0.39, 0.29) is 0 Å². The largest absolute Gasteiger partial charge is 0.477 e. The summed E-state index contributed by atoms with van der Waals surface area (Å²) in [6, 6.07) is 0. The van der Waals surface area contributed by atoms with Crippen molar-refractivity contribution in [3.05, 3.63) is 12.4 Å². The number of hydrogen-bond donors (Lipinski definition) is 1. The van der Waals surface area contributed by atoms with Crippen LogP contribution in [0.2, 0.25) is 0 Å². The lowest BCUT2D eigenvalue weighted by atomic mass is 10.2. The number of nitrogens with one attached hydrogen (secondary N) is 1. The van der Waals surface area contributed by atoms with Gasteiger partial charge in [0.1, 0.15) is 0 Å². The van der Waals surface area contributed by atoms with Crippen LogP contribution in [0.15, 0.2) is 12.4 Å². The first kappa shape index (κ1) is 14.7. The van der Waals surface area contributed by atoms with Gasteiger partial charge in [0.15, 0.2) is 5.82 Å². The summed E-state index contributed by atoms with van der Waals surface area (Å²) < 4.78 is 5.49. The van der Waals surface area contributed by atoms with E-state index in [9.17, 15) is 0 Å². The molecule has 1 heterocycles. The molecule has 1 aromatic rings. The van der Waals surface area contributed by atoms with Crippen LogP contribution >= 0.6 is 0 Å². The van der Waals surface area contributed by atoms with Gasteiger partial charge in [-0.25, -0.2) is 0 Å². The maximum Gasteiger partial charge on any atom is 0.234 e. The van der Waals surface area contributed by atoms with Gasteiger partial charge in [-0.1, -0.05) is 13.8 Å². The number of ether oxygens (including phenoxy) is 1. The maximum atomic E-state index is 5.49. The van der Waals surface area contributed by atoms with Crippen molar-refractivity contribution in [2.24, 2.45) is 5.92 Å². The molecular weight excluding hydrogens is 228 g/mol. The quantitative estimate of drug-likeness (QED) is 0.761. The molecule has 1 aromatic heterocycles. The number of nitrogens with zero attached hydrogens (tertiary/aromatic N) is 3. The molecular formula is C13H24N4O. The van der Waals surface area contributed by atoms with E-state index in [1.807, 2.05) is 14.1 Å². The van der Waals surface area contributed by atoms with Crippen molar-refractivity contribution in [3.63, 3.8) is 0 Å². The van der Waals surface area contributed by atoms with E-state index in [0.717, 1.165) is 25.3 Å². The molecule has 0 spiro atoms. The van der Waals surface area contributed by atoms with Crippen molar-refractivity contribution in [2.45, 2.75) is 20.3 Å². The van der Waals surface area contributed by atoms with E-state index in [2.05, 4.69) is 34.0 Å². The second kappa shape index (κ2) is 7.87. The molecule has 0 aliphatic rings. The fourth-order valence-electron chi connectivity index (χ4n) is 1.77. The minimum atomic E-state index is 0.557. The Labute approximate surface area is 110 Å². The Kier molecular flexibility index (Phi) is 6.43. The minimum Gasteiger partial charge on any atom is -0.477 e. The first-order chi connectivity index (χ1) is 8.67. The van der Waals surface area contributed by atoms with Crippen molar-refractivity contribution in [1.82, 2.24) is 15.3 Å². The lowest BCUT2D eigenvalue weighted by Crippen LogP contribution is -2.30. The summed E-state index contributed by atoms with van der Waals surface area (Å²) in [6.07, 6.45) is 4.40. The van der Waals surface area contributed by atoms with Crippen LogP contribution in [-0.2, 0) is 0 Å². The van der Waals surface area contributed by atoms with E-state index in [0.29, 0.717) is 18.4 Å². The highest BCUT2D eigenvalue weighted by Crippen LogP contribution is 2.14. The van der Waals surface area contributed by atoms with Gasteiger partial charge in [-0.05, 0) is 25.9 Å². The standard InChI is InChI=1S/C13H24N4O/c1-5-6-18-13-9-15-8-12(16-13)17(4)10-11(2)7-14-3/h8-9,11,14H,5-7,10H2,1-4H3. The van der Waals surface area contributed by atoms with Gasteiger partial charge in [0.25, 0.3) is 0 Å². The summed E-state index contributed by atoms with van der Waals surface area (Å²) in [4.78, 5) is 10.7. The second-order valence-corrected chi connectivity index (χ2v) is 4.61. The molecule has 102 valence electrons. The number of hydrogen-bond acceptors (Lipinski definition) is 5. The second-order valence-electron chi connectivity index (χ2n) is 4.61. The zero-order valence-corrected chi connectivity index (χ0v) is 11.8. The molecule has 1 unspecified atom stereocenters. The molecule has 0 aromatic carbocycles. The first-order valence-electron chi connectivity index (χ1n) is 6.48. The predicted octanol–water partition coefficient (Wildman–Crippen LogP) is 1.56. The topological polar surface area (TPSA) is 50.3 Å². The molecule has 1 N–H and O–H groups in total. The van der Waals surface area contributed by atoms with Crippen molar-refractivity contribution in [2.75, 3.05) is 38.7 Å². The third-order valence-electron chi connectivity index (χ3n) is 2.58. The smallest absolute Gasteiger partial charge is 0.234 e. The van der Waals surface area contributed by atoms with Crippen LogP contribution in [0.5, 0.6) is 5.88 Å². The van der Waals surface area contributed by atoms with E-state index in [1.54, 1.807) is 12.4 Å². The van der Waals surface area contributed by atoms with Gasteiger partial charge in [-0.2, -0.15) is 4.98 Å². The van der Waals surface area contributed by atoms with Crippen LogP contribution in [0.25, 0.3) is 0 Å². The summed E-state index contributed by atoms with van der Waals surface area (Å²) in [5, 5.41) is 3.18. The van der Waals surface area contributed by atoms with E-state index >= 15 is 0 Å². The summed E-state index contributed by atoms with van der Waals surface area (Å²) in [5.74, 6) is 2.01. The van der Waals surface area contributed by atoms with E-state index < -0.39 is 0 Å². The third kappa shape index (κ3) is 4.87. The molecule has 0 bridgehead atoms. The van der Waals surface area contributed by atoms with E-state index in [4.69, 9.17) is 4.74 Å². The van der Waals surface area contributed by atoms with Gasteiger partial charge in [-0.3, -0.25) is 4.98 Å². The molecule has 5 nitrogen and oxygen atoms in total. The van der Waals surface area contributed by atoms with Crippen LogP contribution < -0.4 is 15.0 Å².